The Morgan fingerprint density at radius 2 is 2.25 bits per heavy atom. The van der Waals surface area contributed by atoms with Crippen LogP contribution in [0.3, 0.4) is 0 Å². The summed E-state index contributed by atoms with van der Waals surface area (Å²) in [4.78, 5) is 15.4. The van der Waals surface area contributed by atoms with Crippen molar-refractivity contribution >= 4 is 17.0 Å². The standard InChI is InChI=1S/C12H13N3O4S/c1-18-11-2-8(4-13)10(15(16)17)3-12(11)19-6-9-5-14-7-20-9/h2-3,5,7H,4,6,13H2,1H3. The van der Waals surface area contributed by atoms with Crippen LogP contribution in [-0.2, 0) is 13.2 Å². The van der Waals surface area contributed by atoms with Crippen LogP contribution in [0.25, 0.3) is 0 Å². The van der Waals surface area contributed by atoms with E-state index in [1.165, 1.54) is 30.6 Å². The number of nitro groups is 1. The Hall–Kier alpha value is -2.19. The minimum Gasteiger partial charge on any atom is -0.493 e. The Kier molecular flexibility index (Phi) is 4.49. The molecule has 0 aliphatic rings. The first-order chi connectivity index (χ1) is 9.65. The minimum atomic E-state index is -0.485. The van der Waals surface area contributed by atoms with Gasteiger partial charge in [0.25, 0.3) is 5.69 Å². The molecule has 0 aliphatic carbocycles. The van der Waals surface area contributed by atoms with E-state index in [0.29, 0.717) is 17.1 Å². The molecule has 0 aliphatic heterocycles. The number of aromatic nitrogens is 1. The Morgan fingerprint density at radius 3 is 2.80 bits per heavy atom. The first-order valence-corrected chi connectivity index (χ1v) is 6.59. The van der Waals surface area contributed by atoms with Gasteiger partial charge in [0, 0.05) is 18.3 Å². The molecule has 1 aromatic heterocycles. The number of rotatable bonds is 6. The molecule has 8 heteroatoms. The molecule has 20 heavy (non-hydrogen) atoms. The fourth-order valence-electron chi connectivity index (χ4n) is 1.66. The van der Waals surface area contributed by atoms with E-state index in [1.807, 2.05) is 0 Å². The van der Waals surface area contributed by atoms with Gasteiger partial charge in [0.05, 0.1) is 28.5 Å². The molecule has 1 heterocycles. The molecule has 7 nitrogen and oxygen atoms in total. The number of nitro benzene ring substituents is 1. The van der Waals surface area contributed by atoms with Gasteiger partial charge in [-0.1, -0.05) is 0 Å². The van der Waals surface area contributed by atoms with E-state index in [1.54, 1.807) is 11.7 Å². The van der Waals surface area contributed by atoms with Crippen molar-refractivity contribution in [3.05, 3.63) is 44.4 Å². The van der Waals surface area contributed by atoms with Crippen molar-refractivity contribution in [1.29, 1.82) is 0 Å². The van der Waals surface area contributed by atoms with Crippen molar-refractivity contribution in [1.82, 2.24) is 4.98 Å². The lowest BCUT2D eigenvalue weighted by molar-refractivity contribution is -0.385. The largest absolute Gasteiger partial charge is 0.493 e. The maximum atomic E-state index is 11.0. The van der Waals surface area contributed by atoms with E-state index < -0.39 is 4.92 Å². The summed E-state index contributed by atoms with van der Waals surface area (Å²) in [5.41, 5.74) is 7.52. The second kappa shape index (κ2) is 6.31. The highest BCUT2D eigenvalue weighted by Crippen LogP contribution is 2.35. The van der Waals surface area contributed by atoms with Crippen molar-refractivity contribution in [3.63, 3.8) is 0 Å². The molecular weight excluding hydrogens is 282 g/mol. The molecule has 0 amide bonds. The van der Waals surface area contributed by atoms with Gasteiger partial charge >= 0.3 is 0 Å². The number of thiazole rings is 1. The molecule has 1 aromatic carbocycles. The topological polar surface area (TPSA) is 101 Å². The maximum Gasteiger partial charge on any atom is 0.277 e. The number of nitrogens with zero attached hydrogens (tertiary/aromatic N) is 2. The number of hydrogen-bond acceptors (Lipinski definition) is 7. The van der Waals surface area contributed by atoms with Crippen LogP contribution in [0, 0.1) is 10.1 Å². The highest BCUT2D eigenvalue weighted by molar-refractivity contribution is 7.09. The van der Waals surface area contributed by atoms with Gasteiger partial charge in [0.1, 0.15) is 6.61 Å². The molecule has 0 atom stereocenters. The first kappa shape index (κ1) is 14.2. The normalized spacial score (nSPS) is 10.3. The number of benzene rings is 1. The Morgan fingerprint density at radius 1 is 1.45 bits per heavy atom. The van der Waals surface area contributed by atoms with Crippen LogP contribution in [0.2, 0.25) is 0 Å². The lowest BCUT2D eigenvalue weighted by atomic mass is 10.1. The molecule has 2 rings (SSSR count). The molecule has 0 saturated carbocycles. The summed E-state index contributed by atoms with van der Waals surface area (Å²) >= 11 is 1.44. The highest BCUT2D eigenvalue weighted by atomic mass is 32.1. The van der Waals surface area contributed by atoms with E-state index in [9.17, 15) is 10.1 Å². The molecule has 0 bridgehead atoms. The van der Waals surface area contributed by atoms with Crippen molar-refractivity contribution in [2.24, 2.45) is 5.73 Å². The second-order valence-electron chi connectivity index (χ2n) is 3.85. The maximum absolute atomic E-state index is 11.0. The molecule has 2 N–H and O–H groups in total. The van der Waals surface area contributed by atoms with Crippen LogP contribution in [0.15, 0.2) is 23.8 Å². The first-order valence-electron chi connectivity index (χ1n) is 5.71. The number of methoxy groups -OCH3 is 1. The van der Waals surface area contributed by atoms with Crippen molar-refractivity contribution < 1.29 is 14.4 Å². The average molecular weight is 295 g/mol. The van der Waals surface area contributed by atoms with Crippen LogP contribution in [-0.4, -0.2) is 17.0 Å². The molecule has 0 spiro atoms. The Bertz CT molecular complexity index is 601. The van der Waals surface area contributed by atoms with Crippen LogP contribution in [0.5, 0.6) is 11.5 Å². The molecule has 0 radical (unpaired) electrons. The smallest absolute Gasteiger partial charge is 0.277 e. The monoisotopic (exact) mass is 295 g/mol. The van der Waals surface area contributed by atoms with E-state index in [2.05, 4.69) is 4.98 Å². The van der Waals surface area contributed by atoms with E-state index in [4.69, 9.17) is 15.2 Å². The van der Waals surface area contributed by atoms with E-state index >= 15 is 0 Å². The lowest BCUT2D eigenvalue weighted by Gasteiger charge is -2.11. The number of nitrogens with two attached hydrogens (primary N) is 1. The average Bonchev–Trinajstić information content (AvgIpc) is 2.97. The summed E-state index contributed by atoms with van der Waals surface area (Å²) in [6.07, 6.45) is 1.68. The van der Waals surface area contributed by atoms with Crippen LogP contribution in [0.1, 0.15) is 10.4 Å². The van der Waals surface area contributed by atoms with Gasteiger partial charge in [-0.25, -0.2) is 0 Å². The summed E-state index contributed by atoms with van der Waals surface area (Å²) < 4.78 is 10.7. The zero-order chi connectivity index (χ0) is 14.5. The second-order valence-corrected chi connectivity index (χ2v) is 4.82. The summed E-state index contributed by atoms with van der Waals surface area (Å²) in [6, 6.07) is 2.86. The molecule has 2 aromatic rings. The number of ether oxygens (including phenoxy) is 2. The fourth-order valence-corrected chi connectivity index (χ4v) is 2.17. The van der Waals surface area contributed by atoms with E-state index in [-0.39, 0.29) is 18.8 Å². The van der Waals surface area contributed by atoms with Gasteiger partial charge in [0.2, 0.25) is 0 Å². The molecular formula is C12H13N3O4S. The molecule has 0 saturated heterocycles. The van der Waals surface area contributed by atoms with Crippen LogP contribution >= 0.6 is 11.3 Å². The third kappa shape index (κ3) is 3.03. The minimum absolute atomic E-state index is 0.0573. The summed E-state index contributed by atoms with van der Waals surface area (Å²) in [7, 11) is 1.47. The number of hydrogen-bond donors (Lipinski definition) is 1. The van der Waals surface area contributed by atoms with Crippen molar-refractivity contribution in [2.75, 3.05) is 7.11 Å². The highest BCUT2D eigenvalue weighted by Gasteiger charge is 2.19. The molecule has 0 unspecified atom stereocenters. The Balaban J connectivity index is 2.30. The lowest BCUT2D eigenvalue weighted by Crippen LogP contribution is -2.04. The zero-order valence-electron chi connectivity index (χ0n) is 10.7. The molecule has 106 valence electrons. The summed E-state index contributed by atoms with van der Waals surface area (Å²) in [6.45, 7) is 0.335. The predicted octanol–water partition coefficient (Wildman–Crippen LogP) is 2.10. The summed E-state index contributed by atoms with van der Waals surface area (Å²) in [5, 5.41) is 11.0. The predicted molar refractivity (Wildman–Crippen MR) is 74.0 cm³/mol. The third-order valence-electron chi connectivity index (χ3n) is 2.63. The van der Waals surface area contributed by atoms with Gasteiger partial charge in [0.15, 0.2) is 11.5 Å². The van der Waals surface area contributed by atoms with Gasteiger partial charge in [-0.15, -0.1) is 11.3 Å². The van der Waals surface area contributed by atoms with Gasteiger partial charge in [-0.3, -0.25) is 15.1 Å². The van der Waals surface area contributed by atoms with Gasteiger partial charge in [-0.2, -0.15) is 0 Å². The van der Waals surface area contributed by atoms with Crippen LogP contribution < -0.4 is 15.2 Å². The Labute approximate surface area is 119 Å². The molecule has 0 fully saturated rings. The zero-order valence-corrected chi connectivity index (χ0v) is 11.6. The van der Waals surface area contributed by atoms with Crippen molar-refractivity contribution in [2.45, 2.75) is 13.2 Å². The fraction of sp³-hybridized carbons (Fsp3) is 0.250. The van der Waals surface area contributed by atoms with E-state index in [0.717, 1.165) is 4.88 Å². The van der Waals surface area contributed by atoms with Gasteiger partial charge in [-0.05, 0) is 6.07 Å². The summed E-state index contributed by atoms with van der Waals surface area (Å²) in [5.74, 6) is 0.727. The van der Waals surface area contributed by atoms with Crippen molar-refractivity contribution in [3.8, 4) is 11.5 Å². The van der Waals surface area contributed by atoms with Crippen LogP contribution in [0.4, 0.5) is 5.69 Å². The third-order valence-corrected chi connectivity index (χ3v) is 3.39. The SMILES string of the molecule is COc1cc(CN)c([N+](=O)[O-])cc1OCc1cncs1. The van der Waals surface area contributed by atoms with Gasteiger partial charge < -0.3 is 15.2 Å². The quantitative estimate of drug-likeness (QED) is 0.647.